The standard InChI is InChI=1S/C9H11N5O2S/c1-7-8(6-17(10,15)16)5-14(13-7)9-3-2-4-11-12-9/h2-5H,6H2,1H3,(H2,10,15,16). The van der Waals surface area contributed by atoms with Gasteiger partial charge in [0.25, 0.3) is 0 Å². The molecule has 0 radical (unpaired) electrons. The summed E-state index contributed by atoms with van der Waals surface area (Å²) in [6.07, 6.45) is 3.13. The van der Waals surface area contributed by atoms with Crippen molar-refractivity contribution in [3.05, 3.63) is 35.8 Å². The van der Waals surface area contributed by atoms with Crippen LogP contribution in [0.25, 0.3) is 5.82 Å². The van der Waals surface area contributed by atoms with Crippen LogP contribution >= 0.6 is 0 Å². The molecule has 0 unspecified atom stereocenters. The molecule has 0 aliphatic rings. The highest BCUT2D eigenvalue weighted by Crippen LogP contribution is 2.11. The van der Waals surface area contributed by atoms with Gasteiger partial charge in [0.05, 0.1) is 11.4 Å². The van der Waals surface area contributed by atoms with Crippen LogP contribution in [-0.2, 0) is 15.8 Å². The molecule has 2 heterocycles. The molecule has 0 spiro atoms. The average Bonchev–Trinajstić information content (AvgIpc) is 2.59. The van der Waals surface area contributed by atoms with E-state index in [-0.39, 0.29) is 5.75 Å². The Morgan fingerprint density at radius 3 is 2.82 bits per heavy atom. The number of rotatable bonds is 3. The van der Waals surface area contributed by atoms with Crippen LogP contribution in [0.2, 0.25) is 0 Å². The first-order chi connectivity index (χ1) is 7.96. The highest BCUT2D eigenvalue weighted by atomic mass is 32.2. The van der Waals surface area contributed by atoms with Crippen LogP contribution in [0.4, 0.5) is 0 Å². The predicted molar refractivity (Wildman–Crippen MR) is 60.7 cm³/mol. The molecule has 2 aromatic rings. The number of nitrogens with zero attached hydrogens (tertiary/aromatic N) is 4. The van der Waals surface area contributed by atoms with Crippen LogP contribution in [0.15, 0.2) is 24.5 Å². The lowest BCUT2D eigenvalue weighted by Gasteiger charge is -1.96. The summed E-state index contributed by atoms with van der Waals surface area (Å²) < 4.78 is 23.5. The highest BCUT2D eigenvalue weighted by Gasteiger charge is 2.12. The zero-order valence-corrected chi connectivity index (χ0v) is 9.92. The van der Waals surface area contributed by atoms with Crippen LogP contribution in [0.1, 0.15) is 11.3 Å². The van der Waals surface area contributed by atoms with E-state index in [9.17, 15) is 8.42 Å². The Hall–Kier alpha value is -1.80. The van der Waals surface area contributed by atoms with Crippen molar-refractivity contribution >= 4 is 10.0 Å². The van der Waals surface area contributed by atoms with Crippen molar-refractivity contribution in [2.24, 2.45) is 5.14 Å². The van der Waals surface area contributed by atoms with Gasteiger partial charge in [-0.15, -0.1) is 5.10 Å². The van der Waals surface area contributed by atoms with Crippen molar-refractivity contribution in [3.8, 4) is 5.82 Å². The van der Waals surface area contributed by atoms with E-state index in [0.29, 0.717) is 17.1 Å². The minimum absolute atomic E-state index is 0.237. The summed E-state index contributed by atoms with van der Waals surface area (Å²) in [5.74, 6) is 0.287. The number of sulfonamides is 1. The molecule has 0 aromatic carbocycles. The van der Waals surface area contributed by atoms with Crippen LogP contribution in [-0.4, -0.2) is 28.4 Å². The Morgan fingerprint density at radius 2 is 2.24 bits per heavy atom. The van der Waals surface area contributed by atoms with E-state index >= 15 is 0 Å². The molecule has 0 saturated heterocycles. The molecule has 17 heavy (non-hydrogen) atoms. The Bertz CT molecular complexity index is 620. The maximum Gasteiger partial charge on any atom is 0.213 e. The van der Waals surface area contributed by atoms with Gasteiger partial charge in [-0.1, -0.05) is 0 Å². The summed E-state index contributed by atoms with van der Waals surface area (Å²) in [5.41, 5.74) is 1.16. The zero-order valence-electron chi connectivity index (χ0n) is 9.11. The van der Waals surface area contributed by atoms with Crippen molar-refractivity contribution in [3.63, 3.8) is 0 Å². The van der Waals surface area contributed by atoms with E-state index in [1.807, 2.05) is 0 Å². The molecule has 0 fully saturated rings. The van der Waals surface area contributed by atoms with E-state index in [2.05, 4.69) is 15.3 Å². The SMILES string of the molecule is Cc1nn(-c2cccnn2)cc1CS(N)(=O)=O. The number of hydrogen-bond donors (Lipinski definition) is 1. The molecule has 0 bridgehead atoms. The van der Waals surface area contributed by atoms with Gasteiger partial charge < -0.3 is 0 Å². The molecule has 0 aliphatic carbocycles. The monoisotopic (exact) mass is 253 g/mol. The molecule has 8 heteroatoms. The first-order valence-corrected chi connectivity index (χ1v) is 6.51. The summed E-state index contributed by atoms with van der Waals surface area (Å²) in [4.78, 5) is 0. The van der Waals surface area contributed by atoms with E-state index in [4.69, 9.17) is 5.14 Å². The topological polar surface area (TPSA) is 104 Å². The summed E-state index contributed by atoms with van der Waals surface area (Å²) in [7, 11) is -3.56. The fourth-order valence-electron chi connectivity index (χ4n) is 1.39. The Kier molecular flexibility index (Phi) is 2.90. The first kappa shape index (κ1) is 11.7. The average molecular weight is 253 g/mol. The van der Waals surface area contributed by atoms with Crippen LogP contribution in [0.5, 0.6) is 0 Å². The lowest BCUT2D eigenvalue weighted by molar-refractivity contribution is 0.597. The normalized spacial score (nSPS) is 11.6. The Morgan fingerprint density at radius 1 is 1.47 bits per heavy atom. The molecule has 0 saturated carbocycles. The van der Waals surface area contributed by atoms with Gasteiger partial charge in [0, 0.05) is 18.0 Å². The third-order valence-electron chi connectivity index (χ3n) is 2.15. The van der Waals surface area contributed by atoms with Crippen LogP contribution < -0.4 is 5.14 Å². The molecule has 7 nitrogen and oxygen atoms in total. The lowest BCUT2D eigenvalue weighted by Crippen LogP contribution is -2.14. The van der Waals surface area contributed by atoms with Crippen molar-refractivity contribution in [1.29, 1.82) is 0 Å². The summed E-state index contributed by atoms with van der Waals surface area (Å²) in [6, 6.07) is 3.44. The highest BCUT2D eigenvalue weighted by molar-refractivity contribution is 7.88. The molecular formula is C9H11N5O2S. The summed E-state index contributed by atoms with van der Waals surface area (Å²) >= 11 is 0. The zero-order chi connectivity index (χ0) is 12.5. The maximum absolute atomic E-state index is 11.0. The van der Waals surface area contributed by atoms with Crippen molar-refractivity contribution in [2.45, 2.75) is 12.7 Å². The number of primary sulfonamides is 1. The van der Waals surface area contributed by atoms with Gasteiger partial charge in [0.1, 0.15) is 0 Å². The van der Waals surface area contributed by atoms with E-state index in [1.54, 1.807) is 31.5 Å². The number of aryl methyl sites for hydroxylation is 1. The van der Waals surface area contributed by atoms with Gasteiger partial charge in [0.15, 0.2) is 5.82 Å². The lowest BCUT2D eigenvalue weighted by atomic mass is 10.3. The van der Waals surface area contributed by atoms with Gasteiger partial charge >= 0.3 is 0 Å². The molecule has 0 aliphatic heterocycles. The largest absolute Gasteiger partial charge is 0.228 e. The molecule has 2 aromatic heterocycles. The molecule has 2 N–H and O–H groups in total. The second kappa shape index (κ2) is 4.22. The van der Waals surface area contributed by atoms with Crippen LogP contribution in [0.3, 0.4) is 0 Å². The third-order valence-corrected chi connectivity index (χ3v) is 2.86. The van der Waals surface area contributed by atoms with Crippen LogP contribution in [0, 0.1) is 6.92 Å². The molecule has 0 atom stereocenters. The first-order valence-electron chi connectivity index (χ1n) is 4.79. The van der Waals surface area contributed by atoms with E-state index < -0.39 is 10.0 Å². The third kappa shape index (κ3) is 2.86. The summed E-state index contributed by atoms with van der Waals surface area (Å²) in [6.45, 7) is 1.72. The van der Waals surface area contributed by atoms with E-state index in [0.717, 1.165) is 0 Å². The Balaban J connectivity index is 2.38. The summed E-state index contributed by atoms with van der Waals surface area (Å²) in [5, 5.41) is 16.7. The fraction of sp³-hybridized carbons (Fsp3) is 0.222. The number of hydrogen-bond acceptors (Lipinski definition) is 5. The smallest absolute Gasteiger partial charge is 0.213 e. The molecular weight excluding hydrogens is 242 g/mol. The number of aromatic nitrogens is 4. The van der Waals surface area contributed by atoms with Gasteiger partial charge in [-0.2, -0.15) is 10.2 Å². The second-order valence-electron chi connectivity index (χ2n) is 3.57. The van der Waals surface area contributed by atoms with Crippen molar-refractivity contribution < 1.29 is 8.42 Å². The quantitative estimate of drug-likeness (QED) is 0.813. The van der Waals surface area contributed by atoms with Gasteiger partial charge in [-0.05, 0) is 19.1 Å². The molecule has 90 valence electrons. The maximum atomic E-state index is 11.0. The number of nitrogens with two attached hydrogens (primary N) is 1. The minimum Gasteiger partial charge on any atom is -0.228 e. The van der Waals surface area contributed by atoms with Crippen molar-refractivity contribution in [1.82, 2.24) is 20.0 Å². The second-order valence-corrected chi connectivity index (χ2v) is 5.19. The van der Waals surface area contributed by atoms with Crippen molar-refractivity contribution in [2.75, 3.05) is 0 Å². The van der Waals surface area contributed by atoms with Gasteiger partial charge in [-0.25, -0.2) is 18.2 Å². The van der Waals surface area contributed by atoms with Gasteiger partial charge in [0.2, 0.25) is 10.0 Å². The fourth-order valence-corrected chi connectivity index (χ4v) is 2.10. The van der Waals surface area contributed by atoms with E-state index in [1.165, 1.54) is 4.68 Å². The molecule has 0 amide bonds. The Labute approximate surface area is 98.3 Å². The minimum atomic E-state index is -3.56. The predicted octanol–water partition coefficient (Wildman–Crippen LogP) is -0.241. The molecule has 2 rings (SSSR count). The van der Waals surface area contributed by atoms with Gasteiger partial charge in [-0.3, -0.25) is 0 Å².